The van der Waals surface area contributed by atoms with Crippen LogP contribution in [0, 0.1) is 0 Å². The van der Waals surface area contributed by atoms with E-state index in [0.717, 1.165) is 28.5 Å². The van der Waals surface area contributed by atoms with E-state index in [9.17, 15) is 4.79 Å². The molecule has 2 aromatic carbocycles. The molecule has 23 heavy (non-hydrogen) atoms. The summed E-state index contributed by atoms with van der Waals surface area (Å²) in [5.41, 5.74) is 1.04. The van der Waals surface area contributed by atoms with Gasteiger partial charge in [-0.15, -0.1) is 0 Å². The van der Waals surface area contributed by atoms with Crippen molar-refractivity contribution >= 4 is 39.7 Å². The van der Waals surface area contributed by atoms with Crippen molar-refractivity contribution in [2.75, 3.05) is 0 Å². The summed E-state index contributed by atoms with van der Waals surface area (Å²) >= 11 is 1.46. The molecular weight excluding hydrogens is 304 g/mol. The Bertz CT molecular complexity index is 819. The minimum atomic E-state index is -0.0418. The number of hydrogen-bond donors (Lipinski definition) is 1. The molecule has 2 fully saturated rings. The summed E-state index contributed by atoms with van der Waals surface area (Å²) in [4.78, 5) is 17.5. The second-order valence-corrected chi connectivity index (χ2v) is 7.07. The number of hydrogen-bond acceptors (Lipinski definition) is 3. The Balaban J connectivity index is 1.58. The van der Waals surface area contributed by atoms with Gasteiger partial charge in [0.15, 0.2) is 5.17 Å². The van der Waals surface area contributed by atoms with E-state index < -0.39 is 0 Å². The van der Waals surface area contributed by atoms with Crippen molar-refractivity contribution < 1.29 is 4.79 Å². The maximum atomic E-state index is 12.1. The van der Waals surface area contributed by atoms with Crippen molar-refractivity contribution in [1.29, 1.82) is 0 Å². The van der Waals surface area contributed by atoms with E-state index in [2.05, 4.69) is 40.6 Å². The molecule has 1 aliphatic heterocycles. The fraction of sp³-hybridized carbons (Fsp3) is 0.263. The monoisotopic (exact) mass is 322 g/mol. The lowest BCUT2D eigenvalue weighted by Gasteiger charge is -2.02. The van der Waals surface area contributed by atoms with Crippen molar-refractivity contribution in [1.82, 2.24) is 5.32 Å². The number of aliphatic imine (C=N–C) groups is 1. The number of fused-ring (bicyclic) bond motifs is 1. The van der Waals surface area contributed by atoms with Crippen LogP contribution in [0.1, 0.15) is 31.2 Å². The maximum absolute atomic E-state index is 12.1. The number of carbonyl (C=O) groups is 1. The predicted molar refractivity (Wildman–Crippen MR) is 97.3 cm³/mol. The molecule has 3 nitrogen and oxygen atoms in total. The first-order valence-electron chi connectivity index (χ1n) is 8.05. The smallest absolute Gasteiger partial charge is 0.264 e. The van der Waals surface area contributed by atoms with Gasteiger partial charge in [-0.1, -0.05) is 49.2 Å². The molecule has 0 unspecified atom stereocenters. The van der Waals surface area contributed by atoms with Crippen LogP contribution in [0.25, 0.3) is 16.8 Å². The van der Waals surface area contributed by atoms with Gasteiger partial charge in [-0.2, -0.15) is 0 Å². The molecule has 1 heterocycles. The molecule has 0 spiro atoms. The molecule has 0 radical (unpaired) electrons. The van der Waals surface area contributed by atoms with Crippen molar-refractivity contribution in [2.24, 2.45) is 4.99 Å². The van der Waals surface area contributed by atoms with Crippen LogP contribution in [0.2, 0.25) is 0 Å². The van der Waals surface area contributed by atoms with Gasteiger partial charge in [0.25, 0.3) is 5.91 Å². The summed E-state index contributed by atoms with van der Waals surface area (Å²) in [7, 11) is 0. The van der Waals surface area contributed by atoms with E-state index in [1.165, 1.54) is 35.4 Å². The summed E-state index contributed by atoms with van der Waals surface area (Å²) in [6.07, 6.45) is 6.73. The first kappa shape index (κ1) is 14.5. The minimum absolute atomic E-state index is 0.0418. The van der Waals surface area contributed by atoms with Gasteiger partial charge in [0.05, 0.1) is 10.9 Å². The molecule has 116 valence electrons. The second kappa shape index (κ2) is 6.20. The third-order valence-electron chi connectivity index (χ3n) is 4.35. The van der Waals surface area contributed by atoms with Crippen LogP contribution >= 0.6 is 11.8 Å². The van der Waals surface area contributed by atoms with Crippen LogP contribution in [0.5, 0.6) is 0 Å². The molecular formula is C19H18N2OS. The topological polar surface area (TPSA) is 41.5 Å². The van der Waals surface area contributed by atoms with E-state index in [0.29, 0.717) is 6.04 Å². The summed E-state index contributed by atoms with van der Waals surface area (Å²) in [5, 5.41) is 6.05. The van der Waals surface area contributed by atoms with Gasteiger partial charge >= 0.3 is 0 Å². The molecule has 1 amide bonds. The molecule has 1 saturated carbocycles. The third kappa shape index (κ3) is 3.17. The van der Waals surface area contributed by atoms with Crippen molar-refractivity contribution in [3.8, 4) is 0 Å². The lowest BCUT2D eigenvalue weighted by Crippen LogP contribution is -2.21. The van der Waals surface area contributed by atoms with E-state index >= 15 is 0 Å². The van der Waals surface area contributed by atoms with Gasteiger partial charge in [-0.25, -0.2) is 0 Å². The Morgan fingerprint density at radius 1 is 1.09 bits per heavy atom. The normalized spacial score (nSPS) is 22.3. The fourth-order valence-electron chi connectivity index (χ4n) is 3.14. The summed E-state index contributed by atoms with van der Waals surface area (Å²) in [6.45, 7) is 0. The summed E-state index contributed by atoms with van der Waals surface area (Å²) in [6, 6.07) is 14.9. The van der Waals surface area contributed by atoms with Crippen LogP contribution < -0.4 is 5.32 Å². The number of benzene rings is 2. The number of thioether (sulfide) groups is 1. The lowest BCUT2D eigenvalue weighted by atomic mass is 10.1. The van der Waals surface area contributed by atoms with Crippen molar-refractivity contribution in [3.05, 3.63) is 52.9 Å². The molecule has 2 aromatic rings. The molecule has 1 saturated heterocycles. The number of nitrogens with zero attached hydrogens (tertiary/aromatic N) is 1. The average molecular weight is 322 g/mol. The number of carbonyl (C=O) groups excluding carboxylic acids is 1. The molecule has 0 bridgehead atoms. The van der Waals surface area contributed by atoms with Crippen LogP contribution in [0.15, 0.2) is 52.4 Å². The zero-order chi connectivity index (χ0) is 15.6. The summed E-state index contributed by atoms with van der Waals surface area (Å²) in [5.74, 6) is -0.0418. The molecule has 4 rings (SSSR count). The van der Waals surface area contributed by atoms with E-state index in [-0.39, 0.29) is 5.91 Å². The van der Waals surface area contributed by atoms with Crippen LogP contribution in [0.3, 0.4) is 0 Å². The first-order valence-corrected chi connectivity index (χ1v) is 8.87. The number of amidine groups is 1. The third-order valence-corrected chi connectivity index (χ3v) is 5.27. The zero-order valence-electron chi connectivity index (χ0n) is 12.8. The van der Waals surface area contributed by atoms with Crippen molar-refractivity contribution in [3.63, 3.8) is 0 Å². The predicted octanol–water partition coefficient (Wildman–Crippen LogP) is 4.34. The Morgan fingerprint density at radius 3 is 2.70 bits per heavy atom. The van der Waals surface area contributed by atoms with Crippen LogP contribution in [-0.2, 0) is 4.79 Å². The molecule has 1 aliphatic carbocycles. The highest BCUT2D eigenvalue weighted by Gasteiger charge is 2.25. The van der Waals surface area contributed by atoms with Gasteiger partial charge in [0.1, 0.15) is 0 Å². The highest BCUT2D eigenvalue weighted by molar-refractivity contribution is 8.18. The first-order chi connectivity index (χ1) is 11.3. The number of amides is 1. The van der Waals surface area contributed by atoms with E-state index in [1.54, 1.807) is 0 Å². The van der Waals surface area contributed by atoms with Gasteiger partial charge in [-0.05, 0) is 53.1 Å². The Morgan fingerprint density at radius 2 is 1.87 bits per heavy atom. The van der Waals surface area contributed by atoms with E-state index in [4.69, 9.17) is 0 Å². The zero-order valence-corrected chi connectivity index (χ0v) is 13.6. The Hall–Kier alpha value is -2.07. The van der Waals surface area contributed by atoms with Gasteiger partial charge in [0.2, 0.25) is 0 Å². The van der Waals surface area contributed by atoms with Crippen LogP contribution in [0.4, 0.5) is 0 Å². The largest absolute Gasteiger partial charge is 0.301 e. The maximum Gasteiger partial charge on any atom is 0.264 e. The SMILES string of the molecule is O=C1NC(=NC2CCCC2)S/C1=C\c1ccc2ccccc2c1. The average Bonchev–Trinajstić information content (AvgIpc) is 3.18. The fourth-order valence-corrected chi connectivity index (χ4v) is 4.03. The van der Waals surface area contributed by atoms with Gasteiger partial charge in [0, 0.05) is 0 Å². The molecule has 4 heteroatoms. The van der Waals surface area contributed by atoms with Crippen molar-refractivity contribution in [2.45, 2.75) is 31.7 Å². The number of rotatable bonds is 2. The minimum Gasteiger partial charge on any atom is -0.301 e. The lowest BCUT2D eigenvalue weighted by molar-refractivity contribution is -0.115. The van der Waals surface area contributed by atoms with E-state index in [1.807, 2.05) is 18.2 Å². The Labute approximate surface area is 139 Å². The highest BCUT2D eigenvalue weighted by Crippen LogP contribution is 2.29. The standard InChI is InChI=1S/C19H18N2OS/c22-18-17(23-19(21-18)20-16-7-3-4-8-16)12-13-9-10-14-5-1-2-6-15(14)11-13/h1-2,5-6,9-12,16H,3-4,7-8H2,(H,20,21,22)/b17-12-. The second-order valence-electron chi connectivity index (χ2n) is 6.04. The molecule has 0 atom stereocenters. The summed E-state index contributed by atoms with van der Waals surface area (Å²) < 4.78 is 0. The van der Waals surface area contributed by atoms with Crippen LogP contribution in [-0.4, -0.2) is 17.1 Å². The highest BCUT2D eigenvalue weighted by atomic mass is 32.2. The molecule has 2 aliphatic rings. The van der Waals surface area contributed by atoms with Gasteiger partial charge in [-0.3, -0.25) is 9.79 Å². The molecule has 1 N–H and O–H groups in total. The van der Waals surface area contributed by atoms with Gasteiger partial charge < -0.3 is 5.32 Å². The Kier molecular flexibility index (Phi) is 3.92. The quantitative estimate of drug-likeness (QED) is 0.836. The number of nitrogens with one attached hydrogen (secondary N) is 1. The molecule has 0 aromatic heterocycles.